The second kappa shape index (κ2) is 8.23. The highest BCUT2D eigenvalue weighted by Crippen LogP contribution is 2.27. The number of hydrogen-bond donors (Lipinski definition) is 0. The van der Waals surface area contributed by atoms with Gasteiger partial charge in [-0.15, -0.1) is 0 Å². The maximum atomic E-state index is 14.0. The van der Waals surface area contributed by atoms with Crippen LogP contribution >= 0.6 is 0 Å². The first kappa shape index (κ1) is 18.8. The summed E-state index contributed by atoms with van der Waals surface area (Å²) >= 11 is 0. The molecule has 0 radical (unpaired) electrons. The molecule has 1 fully saturated rings. The molecular formula is C22H21FN4O2. The molecule has 3 aromatic rings. The summed E-state index contributed by atoms with van der Waals surface area (Å²) in [5, 5.41) is 9.46. The average molecular weight is 392 g/mol. The van der Waals surface area contributed by atoms with Gasteiger partial charge in [0.05, 0.1) is 5.69 Å². The molecule has 6 nitrogen and oxygen atoms in total. The Hall–Kier alpha value is -3.53. The lowest BCUT2D eigenvalue weighted by molar-refractivity contribution is 0.262. The Labute approximate surface area is 168 Å². The van der Waals surface area contributed by atoms with Crippen molar-refractivity contribution in [1.29, 1.82) is 5.26 Å². The molecule has 148 valence electrons. The maximum Gasteiger partial charge on any atom is 0.236 e. The molecule has 0 aliphatic carbocycles. The molecule has 1 aliphatic rings. The minimum absolute atomic E-state index is 0.148. The average Bonchev–Trinajstić information content (AvgIpc) is 3.17. The van der Waals surface area contributed by atoms with Crippen LogP contribution in [0.15, 0.2) is 52.9 Å². The molecule has 7 heteroatoms. The smallest absolute Gasteiger partial charge is 0.236 e. The van der Waals surface area contributed by atoms with Crippen molar-refractivity contribution in [3.63, 3.8) is 0 Å². The van der Waals surface area contributed by atoms with Crippen LogP contribution in [0.2, 0.25) is 0 Å². The lowest BCUT2D eigenvalue weighted by atomic mass is 10.2. The SMILES string of the molecule is Cc1ccccc1OCc1nc(C#N)c(N2CCN(c3ccccc3F)CC2)o1. The van der Waals surface area contributed by atoms with Crippen LogP contribution in [0.5, 0.6) is 5.75 Å². The van der Waals surface area contributed by atoms with E-state index in [2.05, 4.69) is 11.1 Å². The number of aromatic nitrogens is 1. The molecule has 1 aliphatic heterocycles. The van der Waals surface area contributed by atoms with Gasteiger partial charge in [0.25, 0.3) is 0 Å². The van der Waals surface area contributed by atoms with Crippen molar-refractivity contribution >= 4 is 11.6 Å². The third-order valence-electron chi connectivity index (χ3n) is 4.96. The summed E-state index contributed by atoms with van der Waals surface area (Å²) < 4.78 is 25.7. The molecule has 2 aromatic carbocycles. The zero-order valence-corrected chi connectivity index (χ0v) is 16.1. The fourth-order valence-corrected chi connectivity index (χ4v) is 3.42. The van der Waals surface area contributed by atoms with Crippen LogP contribution in [-0.4, -0.2) is 31.2 Å². The summed E-state index contributed by atoms with van der Waals surface area (Å²) in [5.41, 5.74) is 1.86. The molecule has 0 bridgehead atoms. The molecule has 0 amide bonds. The van der Waals surface area contributed by atoms with Crippen LogP contribution < -0.4 is 14.5 Å². The van der Waals surface area contributed by atoms with Gasteiger partial charge in [0.1, 0.15) is 17.6 Å². The van der Waals surface area contributed by atoms with Crippen LogP contribution in [0.4, 0.5) is 16.0 Å². The molecule has 4 rings (SSSR count). The summed E-state index contributed by atoms with van der Waals surface area (Å²) in [6, 6.07) is 16.5. The van der Waals surface area contributed by atoms with Crippen LogP contribution in [0.25, 0.3) is 0 Å². The number of para-hydroxylation sites is 2. The van der Waals surface area contributed by atoms with Crippen molar-refractivity contribution in [1.82, 2.24) is 4.98 Å². The number of anilines is 2. The molecule has 0 spiro atoms. The molecule has 0 saturated carbocycles. The Morgan fingerprint density at radius 1 is 1.07 bits per heavy atom. The number of aryl methyl sites for hydroxylation is 1. The first-order valence-corrected chi connectivity index (χ1v) is 9.48. The summed E-state index contributed by atoms with van der Waals surface area (Å²) in [7, 11) is 0. The van der Waals surface area contributed by atoms with E-state index in [0.29, 0.717) is 43.6 Å². The number of ether oxygens (including phenoxy) is 1. The van der Waals surface area contributed by atoms with Gasteiger partial charge >= 0.3 is 0 Å². The van der Waals surface area contributed by atoms with Crippen LogP contribution in [-0.2, 0) is 6.61 Å². The van der Waals surface area contributed by atoms with Crippen LogP contribution in [0.3, 0.4) is 0 Å². The van der Waals surface area contributed by atoms with Crippen LogP contribution in [0, 0.1) is 24.1 Å². The molecule has 2 heterocycles. The van der Waals surface area contributed by atoms with Crippen molar-refractivity contribution in [2.24, 2.45) is 0 Å². The van der Waals surface area contributed by atoms with Gasteiger partial charge in [-0.2, -0.15) is 10.2 Å². The van der Waals surface area contributed by atoms with E-state index in [1.54, 1.807) is 12.1 Å². The van der Waals surface area contributed by atoms with Crippen molar-refractivity contribution < 1.29 is 13.5 Å². The Morgan fingerprint density at radius 2 is 1.76 bits per heavy atom. The molecule has 1 aromatic heterocycles. The Kier molecular flexibility index (Phi) is 5.34. The number of rotatable bonds is 5. The predicted octanol–water partition coefficient (Wildman–Crippen LogP) is 3.90. The number of piperazine rings is 1. The summed E-state index contributed by atoms with van der Waals surface area (Å²) in [6.07, 6.45) is 0. The molecule has 0 unspecified atom stereocenters. The highest BCUT2D eigenvalue weighted by atomic mass is 19.1. The second-order valence-electron chi connectivity index (χ2n) is 6.85. The number of hydrogen-bond acceptors (Lipinski definition) is 6. The van der Waals surface area contributed by atoms with Crippen molar-refractivity contribution in [3.8, 4) is 11.8 Å². The van der Waals surface area contributed by atoms with E-state index in [1.165, 1.54) is 6.07 Å². The number of nitrogens with zero attached hydrogens (tertiary/aromatic N) is 4. The standard InChI is InChI=1S/C22H21FN4O2/c1-16-6-2-5-9-20(16)28-15-21-25-18(14-24)22(29-21)27-12-10-26(11-13-27)19-8-4-3-7-17(19)23/h2-9H,10-13,15H2,1H3. The van der Waals surface area contributed by atoms with Crippen molar-refractivity contribution in [2.75, 3.05) is 36.0 Å². The minimum Gasteiger partial charge on any atom is -0.484 e. The number of oxazole rings is 1. The Morgan fingerprint density at radius 3 is 2.48 bits per heavy atom. The van der Waals surface area contributed by atoms with Crippen LogP contribution in [0.1, 0.15) is 17.1 Å². The van der Waals surface area contributed by atoms with Gasteiger partial charge in [-0.05, 0) is 30.7 Å². The Bertz CT molecular complexity index is 1040. The zero-order valence-electron chi connectivity index (χ0n) is 16.1. The fraction of sp³-hybridized carbons (Fsp3) is 0.273. The normalized spacial score (nSPS) is 14.0. The van der Waals surface area contributed by atoms with Gasteiger partial charge in [-0.3, -0.25) is 0 Å². The third kappa shape index (κ3) is 4.02. The Balaban J connectivity index is 1.43. The minimum atomic E-state index is -0.228. The molecule has 1 saturated heterocycles. The van der Waals surface area contributed by atoms with E-state index in [1.807, 2.05) is 47.1 Å². The third-order valence-corrected chi connectivity index (χ3v) is 4.96. The zero-order chi connectivity index (χ0) is 20.2. The summed E-state index contributed by atoms with van der Waals surface area (Å²) in [5.74, 6) is 1.33. The van der Waals surface area contributed by atoms with Gasteiger partial charge < -0.3 is 19.0 Å². The van der Waals surface area contributed by atoms with E-state index < -0.39 is 0 Å². The number of halogens is 1. The number of nitriles is 1. The van der Waals surface area contributed by atoms with Gasteiger partial charge in [0.15, 0.2) is 6.61 Å². The topological polar surface area (TPSA) is 65.5 Å². The first-order valence-electron chi connectivity index (χ1n) is 9.48. The molecule has 0 N–H and O–H groups in total. The van der Waals surface area contributed by atoms with E-state index in [-0.39, 0.29) is 18.1 Å². The van der Waals surface area contributed by atoms with Crippen molar-refractivity contribution in [3.05, 3.63) is 71.5 Å². The van der Waals surface area contributed by atoms with Gasteiger partial charge in [-0.25, -0.2) is 4.39 Å². The summed E-state index contributed by atoms with van der Waals surface area (Å²) in [4.78, 5) is 8.24. The lowest BCUT2D eigenvalue weighted by Gasteiger charge is -2.36. The van der Waals surface area contributed by atoms with Gasteiger partial charge in [0, 0.05) is 26.2 Å². The second-order valence-corrected chi connectivity index (χ2v) is 6.85. The number of benzene rings is 2. The molecule has 29 heavy (non-hydrogen) atoms. The summed E-state index contributed by atoms with van der Waals surface area (Å²) in [6.45, 7) is 4.58. The van der Waals surface area contributed by atoms with Gasteiger partial charge in [0.2, 0.25) is 17.5 Å². The molecular weight excluding hydrogens is 371 g/mol. The molecule has 0 atom stereocenters. The highest BCUT2D eigenvalue weighted by Gasteiger charge is 2.25. The van der Waals surface area contributed by atoms with E-state index in [4.69, 9.17) is 9.15 Å². The first-order chi connectivity index (χ1) is 14.2. The van der Waals surface area contributed by atoms with Gasteiger partial charge in [-0.1, -0.05) is 30.3 Å². The maximum absolute atomic E-state index is 14.0. The fourth-order valence-electron chi connectivity index (χ4n) is 3.42. The monoisotopic (exact) mass is 392 g/mol. The predicted molar refractivity (Wildman–Crippen MR) is 108 cm³/mol. The largest absolute Gasteiger partial charge is 0.484 e. The van der Waals surface area contributed by atoms with E-state index in [9.17, 15) is 9.65 Å². The highest BCUT2D eigenvalue weighted by molar-refractivity contribution is 5.52. The van der Waals surface area contributed by atoms with E-state index >= 15 is 0 Å². The van der Waals surface area contributed by atoms with Crippen molar-refractivity contribution in [2.45, 2.75) is 13.5 Å². The quantitative estimate of drug-likeness (QED) is 0.656. The lowest BCUT2D eigenvalue weighted by Crippen LogP contribution is -2.47. The van der Waals surface area contributed by atoms with E-state index in [0.717, 1.165) is 11.3 Å².